The average Bonchev–Trinajstić information content (AvgIpc) is 2.57. The summed E-state index contributed by atoms with van der Waals surface area (Å²) >= 11 is 0. The van der Waals surface area contributed by atoms with Crippen LogP contribution in [0, 0.1) is 11.2 Å². The van der Waals surface area contributed by atoms with Crippen molar-refractivity contribution >= 4 is 11.7 Å². The maximum atomic E-state index is 13.6. The summed E-state index contributed by atoms with van der Waals surface area (Å²) < 4.78 is 13.6. The summed E-state index contributed by atoms with van der Waals surface area (Å²) in [6.07, 6.45) is 14.2. The first-order valence-corrected chi connectivity index (χ1v) is 10.6. The van der Waals surface area contributed by atoms with E-state index >= 15 is 0 Å². The summed E-state index contributed by atoms with van der Waals surface area (Å²) in [5, 5.41) is 12.0. The molecule has 0 fully saturated rings. The van der Waals surface area contributed by atoms with Gasteiger partial charge in [-0.1, -0.05) is 78.6 Å². The largest absolute Gasteiger partial charge is 0.478 e. The summed E-state index contributed by atoms with van der Waals surface area (Å²) in [7, 11) is 0. The van der Waals surface area contributed by atoms with Gasteiger partial charge in [-0.2, -0.15) is 0 Å². The number of carboxylic acid groups (broad SMARTS) is 1. The highest BCUT2D eigenvalue weighted by atomic mass is 19.1. The molecule has 0 atom stereocenters. The Morgan fingerprint density at radius 3 is 1.93 bits per heavy atom. The summed E-state index contributed by atoms with van der Waals surface area (Å²) in [4.78, 5) is 10.8. The van der Waals surface area contributed by atoms with Crippen LogP contribution >= 0.6 is 0 Å². The van der Waals surface area contributed by atoms with Gasteiger partial charge in [-0.15, -0.1) is 0 Å². The number of halogens is 1. The highest BCUT2D eigenvalue weighted by Crippen LogP contribution is 2.22. The Balaban J connectivity index is 1.93. The first kappa shape index (κ1) is 23.5. The first-order valence-electron chi connectivity index (χ1n) is 10.6. The molecule has 3 nitrogen and oxygen atoms in total. The number of unbranched alkanes of at least 4 members (excludes halogenated alkanes) is 9. The summed E-state index contributed by atoms with van der Waals surface area (Å²) in [6.45, 7) is 7.74. The third-order valence-corrected chi connectivity index (χ3v) is 4.88. The van der Waals surface area contributed by atoms with Crippen LogP contribution in [0.4, 0.5) is 10.1 Å². The molecule has 0 amide bonds. The minimum Gasteiger partial charge on any atom is -0.478 e. The van der Waals surface area contributed by atoms with Crippen molar-refractivity contribution in [2.75, 3.05) is 11.9 Å². The van der Waals surface area contributed by atoms with E-state index in [0.717, 1.165) is 13.0 Å². The van der Waals surface area contributed by atoms with Gasteiger partial charge in [-0.3, -0.25) is 0 Å². The van der Waals surface area contributed by atoms with Crippen molar-refractivity contribution in [2.24, 2.45) is 5.41 Å². The summed E-state index contributed by atoms with van der Waals surface area (Å²) in [6, 6.07) is 4.18. The number of carbonyl (C=O) groups is 1. The fourth-order valence-corrected chi connectivity index (χ4v) is 3.23. The Labute approximate surface area is 164 Å². The Morgan fingerprint density at radius 2 is 1.44 bits per heavy atom. The lowest BCUT2D eigenvalue weighted by Gasteiger charge is -2.17. The van der Waals surface area contributed by atoms with Crippen molar-refractivity contribution in [3.8, 4) is 0 Å². The quantitative estimate of drug-likeness (QED) is 0.334. The fourth-order valence-electron chi connectivity index (χ4n) is 3.23. The lowest BCUT2D eigenvalue weighted by atomic mass is 9.89. The number of nitrogens with one attached hydrogen (secondary N) is 1. The molecular formula is C23H38FNO2. The molecule has 0 spiro atoms. The zero-order valence-electron chi connectivity index (χ0n) is 17.5. The van der Waals surface area contributed by atoms with E-state index < -0.39 is 11.8 Å². The van der Waals surface area contributed by atoms with Crippen molar-refractivity contribution in [2.45, 2.75) is 91.4 Å². The van der Waals surface area contributed by atoms with E-state index in [9.17, 15) is 9.18 Å². The van der Waals surface area contributed by atoms with Crippen LogP contribution < -0.4 is 5.32 Å². The van der Waals surface area contributed by atoms with Crippen LogP contribution in [0.15, 0.2) is 18.2 Å². The van der Waals surface area contributed by atoms with Crippen molar-refractivity contribution in [1.29, 1.82) is 0 Å². The molecule has 4 heteroatoms. The van der Waals surface area contributed by atoms with Crippen molar-refractivity contribution < 1.29 is 14.3 Å². The van der Waals surface area contributed by atoms with Gasteiger partial charge in [0.1, 0.15) is 5.82 Å². The minimum atomic E-state index is -1.23. The molecule has 0 radical (unpaired) electrons. The number of rotatable bonds is 14. The molecule has 1 aromatic carbocycles. The molecule has 154 valence electrons. The van der Waals surface area contributed by atoms with Gasteiger partial charge in [0.2, 0.25) is 0 Å². The normalized spacial score (nSPS) is 11.6. The van der Waals surface area contributed by atoms with Gasteiger partial charge in [-0.25, -0.2) is 9.18 Å². The molecule has 2 N–H and O–H groups in total. The maximum Gasteiger partial charge on any atom is 0.338 e. The van der Waals surface area contributed by atoms with Gasteiger partial charge in [0.15, 0.2) is 0 Å². The van der Waals surface area contributed by atoms with Crippen molar-refractivity contribution in [3.05, 3.63) is 29.6 Å². The van der Waals surface area contributed by atoms with Crippen LogP contribution in [-0.4, -0.2) is 17.6 Å². The highest BCUT2D eigenvalue weighted by Gasteiger charge is 2.10. The van der Waals surface area contributed by atoms with Gasteiger partial charge in [0.25, 0.3) is 0 Å². The second-order valence-electron chi connectivity index (χ2n) is 8.77. The van der Waals surface area contributed by atoms with E-state index in [0.29, 0.717) is 11.1 Å². The molecule has 0 aromatic heterocycles. The Kier molecular flexibility index (Phi) is 11.1. The molecule has 0 saturated heterocycles. The Morgan fingerprint density at radius 1 is 0.926 bits per heavy atom. The predicted molar refractivity (Wildman–Crippen MR) is 112 cm³/mol. The average molecular weight is 380 g/mol. The molecule has 0 heterocycles. The van der Waals surface area contributed by atoms with Gasteiger partial charge in [0.05, 0.1) is 5.56 Å². The van der Waals surface area contributed by atoms with E-state index in [4.69, 9.17) is 5.11 Å². The van der Waals surface area contributed by atoms with E-state index in [2.05, 4.69) is 26.1 Å². The summed E-state index contributed by atoms with van der Waals surface area (Å²) in [5.74, 6) is -1.92. The van der Waals surface area contributed by atoms with E-state index in [-0.39, 0.29) is 5.56 Å². The second-order valence-corrected chi connectivity index (χ2v) is 8.77. The topological polar surface area (TPSA) is 49.3 Å². The van der Waals surface area contributed by atoms with Crippen molar-refractivity contribution in [1.82, 2.24) is 0 Å². The molecule has 1 aromatic rings. The Hall–Kier alpha value is -1.58. The summed E-state index contributed by atoms with van der Waals surface area (Å²) in [5.41, 5.74) is 0.837. The first-order chi connectivity index (χ1) is 12.8. The zero-order chi connectivity index (χ0) is 20.1. The number of anilines is 1. The van der Waals surface area contributed by atoms with Crippen molar-refractivity contribution in [3.63, 3.8) is 0 Å². The molecule has 0 unspecified atom stereocenters. The number of aromatic carboxylic acids is 1. The maximum absolute atomic E-state index is 13.6. The number of benzene rings is 1. The van der Waals surface area contributed by atoms with Crippen LogP contribution in [0.25, 0.3) is 0 Å². The van der Waals surface area contributed by atoms with Gasteiger partial charge in [0, 0.05) is 12.2 Å². The molecule has 0 aliphatic heterocycles. The predicted octanol–water partition coefficient (Wildman–Crippen LogP) is 7.27. The number of hydrogen-bond acceptors (Lipinski definition) is 2. The van der Waals surface area contributed by atoms with E-state index in [1.54, 1.807) is 6.07 Å². The lowest BCUT2D eigenvalue weighted by molar-refractivity contribution is 0.0692. The highest BCUT2D eigenvalue weighted by molar-refractivity contribution is 5.88. The third kappa shape index (κ3) is 11.7. The minimum absolute atomic E-state index is 0.283. The third-order valence-electron chi connectivity index (χ3n) is 4.88. The molecule has 1 rings (SSSR count). The zero-order valence-corrected chi connectivity index (χ0v) is 17.5. The monoisotopic (exact) mass is 379 g/mol. The standard InChI is InChI=1S/C23H38FNO2/c1-23(2,3)16-12-10-8-6-4-5-7-9-11-13-17-25-19-14-15-20(22(26)27)21(24)18-19/h14-15,18,25H,4-13,16-17H2,1-3H3,(H,26,27). The van der Waals surface area contributed by atoms with Crippen LogP contribution in [0.2, 0.25) is 0 Å². The number of hydrogen-bond donors (Lipinski definition) is 2. The number of carboxylic acids is 1. The fraction of sp³-hybridized carbons (Fsp3) is 0.696. The van der Waals surface area contributed by atoms with Gasteiger partial charge >= 0.3 is 5.97 Å². The van der Waals surface area contributed by atoms with E-state index in [1.165, 1.54) is 76.3 Å². The molecular weight excluding hydrogens is 341 g/mol. The molecule has 0 aliphatic rings. The van der Waals surface area contributed by atoms with E-state index in [1.807, 2.05) is 0 Å². The van der Waals surface area contributed by atoms with Gasteiger partial charge < -0.3 is 10.4 Å². The molecule has 0 bridgehead atoms. The van der Waals surface area contributed by atoms with Crippen LogP contribution in [0.5, 0.6) is 0 Å². The van der Waals surface area contributed by atoms with Crippen LogP contribution in [-0.2, 0) is 0 Å². The second kappa shape index (κ2) is 12.7. The lowest BCUT2D eigenvalue weighted by Crippen LogP contribution is -2.04. The van der Waals surface area contributed by atoms with Crippen LogP contribution in [0.3, 0.4) is 0 Å². The van der Waals surface area contributed by atoms with Gasteiger partial charge in [-0.05, 0) is 36.5 Å². The van der Waals surface area contributed by atoms with Crippen LogP contribution in [0.1, 0.15) is 102 Å². The SMILES string of the molecule is CC(C)(C)CCCCCCCCCCCCNc1ccc(C(=O)O)c(F)c1. The molecule has 27 heavy (non-hydrogen) atoms. The Bertz CT molecular complexity index is 552. The molecule has 0 saturated carbocycles. The smallest absolute Gasteiger partial charge is 0.338 e. The molecule has 0 aliphatic carbocycles.